The van der Waals surface area contributed by atoms with Crippen molar-refractivity contribution in [2.75, 3.05) is 44.7 Å². The maximum Gasteiger partial charge on any atom is 0.434 e. The van der Waals surface area contributed by atoms with Gasteiger partial charge in [-0.05, 0) is 42.3 Å². The number of hydrogen-bond donors (Lipinski definition) is 2. The van der Waals surface area contributed by atoms with Gasteiger partial charge in [0.05, 0.1) is 11.1 Å². The van der Waals surface area contributed by atoms with E-state index in [0.29, 0.717) is 24.2 Å². The van der Waals surface area contributed by atoms with Crippen LogP contribution in [0, 0.1) is 0 Å². The normalized spacial score (nSPS) is 18.4. The number of imidazole rings is 1. The summed E-state index contributed by atoms with van der Waals surface area (Å²) in [6.45, 7) is 4.65. The van der Waals surface area contributed by atoms with Gasteiger partial charge in [0.1, 0.15) is 30.8 Å². The average molecular weight is 579 g/mol. The number of pyridine rings is 1. The molecule has 7 nitrogen and oxygen atoms in total. The molecule has 206 valence electrons. The lowest BCUT2D eigenvalue weighted by molar-refractivity contribution is -0.702. The molecule has 4 aromatic rings. The summed E-state index contributed by atoms with van der Waals surface area (Å²) in [5.74, 6) is 0.238. The molecule has 2 aliphatic rings. The molecule has 2 N–H and O–H groups in total. The van der Waals surface area contributed by atoms with Crippen molar-refractivity contribution in [2.45, 2.75) is 31.2 Å². The molecule has 3 aromatic heterocycles. The van der Waals surface area contributed by atoms with E-state index in [4.69, 9.17) is 23.2 Å². The number of rotatable bonds is 7. The Kier molecular flexibility index (Phi) is 6.99. The Morgan fingerprint density at radius 1 is 1.18 bits per heavy atom. The van der Waals surface area contributed by atoms with Gasteiger partial charge in [-0.2, -0.15) is 13.2 Å². The van der Waals surface area contributed by atoms with Crippen molar-refractivity contribution in [1.29, 1.82) is 0 Å². The SMILES string of the molecule is CN(CCN1CCc2c([nH]c3ccc(Cl)cc23)C1C[n+]1ccn(C2CNC2)c1)c1ccc(Cl)c(C(F)(F)F)n1. The van der Waals surface area contributed by atoms with Crippen molar-refractivity contribution in [3.8, 4) is 0 Å². The first-order chi connectivity index (χ1) is 18.7. The van der Waals surface area contributed by atoms with E-state index in [1.807, 2.05) is 18.2 Å². The molecule has 0 saturated carbocycles. The molecule has 0 radical (unpaired) electrons. The van der Waals surface area contributed by atoms with Crippen LogP contribution in [0.4, 0.5) is 19.0 Å². The number of aromatic nitrogens is 4. The fraction of sp³-hybridized carbons (Fsp3) is 0.407. The third-order valence-electron chi connectivity index (χ3n) is 7.81. The van der Waals surface area contributed by atoms with Crippen LogP contribution in [0.5, 0.6) is 0 Å². The van der Waals surface area contributed by atoms with Gasteiger partial charge < -0.3 is 15.2 Å². The van der Waals surface area contributed by atoms with Crippen LogP contribution in [0.2, 0.25) is 10.0 Å². The lowest BCUT2D eigenvalue weighted by Gasteiger charge is -2.36. The van der Waals surface area contributed by atoms with E-state index >= 15 is 0 Å². The molecule has 1 unspecified atom stereocenters. The maximum absolute atomic E-state index is 13.4. The molecule has 1 saturated heterocycles. The minimum absolute atomic E-state index is 0.0533. The van der Waals surface area contributed by atoms with Crippen LogP contribution in [0.3, 0.4) is 0 Å². The van der Waals surface area contributed by atoms with E-state index in [9.17, 15) is 13.2 Å². The molecule has 6 rings (SSSR count). The first-order valence-corrected chi connectivity index (χ1v) is 13.7. The Bertz CT molecular complexity index is 1490. The lowest BCUT2D eigenvalue weighted by atomic mass is 9.97. The molecule has 1 atom stereocenters. The zero-order valence-corrected chi connectivity index (χ0v) is 22.9. The Labute approximate surface area is 234 Å². The summed E-state index contributed by atoms with van der Waals surface area (Å²) >= 11 is 12.1. The number of aromatic amines is 1. The smallest absolute Gasteiger partial charge is 0.358 e. The largest absolute Gasteiger partial charge is 0.434 e. The number of benzene rings is 1. The van der Waals surface area contributed by atoms with Crippen molar-refractivity contribution in [2.24, 2.45) is 0 Å². The van der Waals surface area contributed by atoms with E-state index in [2.05, 4.69) is 48.0 Å². The second-order valence-electron chi connectivity index (χ2n) is 10.3. The number of likely N-dealkylation sites (N-methyl/N-ethyl adjacent to an activating group) is 1. The number of nitrogens with one attached hydrogen (secondary N) is 2. The first-order valence-electron chi connectivity index (χ1n) is 12.9. The Morgan fingerprint density at radius 2 is 2.00 bits per heavy atom. The van der Waals surface area contributed by atoms with Gasteiger partial charge in [-0.3, -0.25) is 4.90 Å². The molecule has 5 heterocycles. The molecule has 0 bridgehead atoms. The summed E-state index contributed by atoms with van der Waals surface area (Å²) in [6.07, 6.45) is 2.62. The van der Waals surface area contributed by atoms with Gasteiger partial charge in [0.25, 0.3) is 0 Å². The predicted octanol–water partition coefficient (Wildman–Crippen LogP) is 4.86. The zero-order valence-electron chi connectivity index (χ0n) is 21.3. The Balaban J connectivity index is 1.26. The first kappa shape index (κ1) is 26.4. The van der Waals surface area contributed by atoms with Crippen LogP contribution in [-0.2, 0) is 19.1 Å². The van der Waals surface area contributed by atoms with Crippen LogP contribution in [0.25, 0.3) is 10.9 Å². The number of halogens is 5. The predicted molar refractivity (Wildman–Crippen MR) is 145 cm³/mol. The highest BCUT2D eigenvalue weighted by Gasteiger charge is 2.36. The van der Waals surface area contributed by atoms with Gasteiger partial charge in [0, 0.05) is 61.4 Å². The molecule has 0 aliphatic carbocycles. The van der Waals surface area contributed by atoms with E-state index in [1.54, 1.807) is 11.9 Å². The Hall–Kier alpha value is -2.79. The summed E-state index contributed by atoms with van der Waals surface area (Å²) in [5, 5.41) is 4.77. The van der Waals surface area contributed by atoms with E-state index in [1.165, 1.54) is 17.7 Å². The second kappa shape index (κ2) is 10.3. The molecule has 12 heteroatoms. The quantitative estimate of drug-likeness (QED) is 0.308. The van der Waals surface area contributed by atoms with Gasteiger partial charge in [-0.25, -0.2) is 14.1 Å². The van der Waals surface area contributed by atoms with Crippen molar-refractivity contribution in [3.63, 3.8) is 0 Å². The van der Waals surface area contributed by atoms with E-state index in [-0.39, 0.29) is 11.9 Å². The monoisotopic (exact) mass is 578 g/mol. The van der Waals surface area contributed by atoms with Crippen molar-refractivity contribution >= 4 is 39.9 Å². The number of alkyl halides is 3. The minimum Gasteiger partial charge on any atom is -0.358 e. The third-order valence-corrected chi connectivity index (χ3v) is 8.36. The van der Waals surface area contributed by atoms with E-state index in [0.717, 1.165) is 49.2 Å². The van der Waals surface area contributed by atoms with Crippen molar-refractivity contribution in [1.82, 2.24) is 24.8 Å². The van der Waals surface area contributed by atoms with E-state index < -0.39 is 16.9 Å². The number of anilines is 1. The molecule has 2 aliphatic heterocycles. The average Bonchev–Trinajstić information content (AvgIpc) is 3.46. The maximum atomic E-state index is 13.4. The molecule has 39 heavy (non-hydrogen) atoms. The summed E-state index contributed by atoms with van der Waals surface area (Å²) in [5.41, 5.74) is 2.44. The molecule has 1 aromatic carbocycles. The zero-order chi connectivity index (χ0) is 27.3. The van der Waals surface area contributed by atoms with Crippen LogP contribution >= 0.6 is 23.2 Å². The standard InChI is InChI=1S/C27H29Cl2F3N7/c1-36(24-5-3-21(29)26(35-24)27(30,31)32)8-10-38-7-6-19-20-12-17(28)2-4-22(20)34-25(19)23(38)15-37-9-11-39(16-37)18-13-33-14-18/h2-5,9,11-12,16,18,23,33-34H,6-8,10,13-15H2,1H3/q+1. The highest BCUT2D eigenvalue weighted by Crippen LogP contribution is 2.37. The number of fused-ring (bicyclic) bond motifs is 3. The summed E-state index contributed by atoms with van der Waals surface area (Å²) in [4.78, 5) is 11.6. The molecular weight excluding hydrogens is 550 g/mol. The van der Waals surface area contributed by atoms with Gasteiger partial charge in [-0.1, -0.05) is 23.2 Å². The van der Waals surface area contributed by atoms with Crippen LogP contribution in [0.15, 0.2) is 49.1 Å². The molecule has 0 amide bonds. The molecule has 0 spiro atoms. The highest BCUT2D eigenvalue weighted by molar-refractivity contribution is 6.31. The topological polar surface area (TPSA) is 56.0 Å². The fourth-order valence-corrected chi connectivity index (χ4v) is 5.90. The second-order valence-corrected chi connectivity index (χ2v) is 11.1. The summed E-state index contributed by atoms with van der Waals surface area (Å²) < 4.78 is 44.6. The van der Waals surface area contributed by atoms with Crippen molar-refractivity contribution < 1.29 is 17.7 Å². The fourth-order valence-electron chi connectivity index (χ4n) is 5.52. The summed E-state index contributed by atoms with van der Waals surface area (Å²) in [6, 6.07) is 9.24. The summed E-state index contributed by atoms with van der Waals surface area (Å²) in [7, 11) is 1.76. The minimum atomic E-state index is -4.61. The van der Waals surface area contributed by atoms with Crippen LogP contribution in [-0.4, -0.2) is 59.2 Å². The van der Waals surface area contributed by atoms with Gasteiger partial charge >= 0.3 is 6.18 Å². The number of nitrogens with zero attached hydrogens (tertiary/aromatic N) is 5. The van der Waals surface area contributed by atoms with Gasteiger partial charge in [0.2, 0.25) is 6.33 Å². The van der Waals surface area contributed by atoms with Crippen LogP contribution < -0.4 is 14.8 Å². The van der Waals surface area contributed by atoms with Gasteiger partial charge in [0.15, 0.2) is 5.69 Å². The Morgan fingerprint density at radius 3 is 2.74 bits per heavy atom. The highest BCUT2D eigenvalue weighted by atomic mass is 35.5. The number of hydrogen-bond acceptors (Lipinski definition) is 4. The number of H-pyrrole nitrogens is 1. The molecular formula is C27H29Cl2F3N7+. The van der Waals surface area contributed by atoms with Crippen LogP contribution in [0.1, 0.15) is 29.0 Å². The third kappa shape index (κ3) is 5.23. The van der Waals surface area contributed by atoms with Crippen molar-refractivity contribution in [3.05, 3.63) is 76.0 Å². The lowest BCUT2D eigenvalue weighted by Crippen LogP contribution is -2.47. The molecule has 1 fully saturated rings. The van der Waals surface area contributed by atoms with Gasteiger partial charge in [-0.15, -0.1) is 0 Å².